The number of esters is 1. The molecule has 2 aromatic rings. The third kappa shape index (κ3) is 3.42. The number of carbonyl (C=O) groups is 1. The molecule has 0 bridgehead atoms. The molecule has 0 saturated carbocycles. The molecule has 2 heterocycles. The van der Waals surface area contributed by atoms with Crippen molar-refractivity contribution in [2.75, 3.05) is 19.5 Å². The van der Waals surface area contributed by atoms with Gasteiger partial charge < -0.3 is 19.5 Å². The van der Waals surface area contributed by atoms with Gasteiger partial charge in [0.25, 0.3) is 0 Å². The second-order valence-corrected chi connectivity index (χ2v) is 5.58. The van der Waals surface area contributed by atoms with Crippen LogP contribution < -0.4 is 14.8 Å². The molecule has 8 nitrogen and oxygen atoms in total. The smallest absolute Gasteiger partial charge is 0.387 e. The molecule has 0 aliphatic carbocycles. The molecule has 1 N–H and O–H groups in total. The zero-order valence-corrected chi connectivity index (χ0v) is 14.9. The Bertz CT molecular complexity index is 882. The fourth-order valence-corrected chi connectivity index (χ4v) is 3.00. The highest BCUT2D eigenvalue weighted by Gasteiger charge is 2.35. The second kappa shape index (κ2) is 7.60. The van der Waals surface area contributed by atoms with Gasteiger partial charge in [-0.2, -0.15) is 18.9 Å². The molecule has 0 radical (unpaired) electrons. The summed E-state index contributed by atoms with van der Waals surface area (Å²) in [6.07, 6.45) is 1.88. The quantitative estimate of drug-likeness (QED) is 0.771. The summed E-state index contributed by atoms with van der Waals surface area (Å²) in [5, 5.41) is 7.26. The van der Waals surface area contributed by atoms with E-state index in [-0.39, 0.29) is 11.5 Å². The lowest BCUT2D eigenvalue weighted by Crippen LogP contribution is -2.30. The molecule has 1 aromatic carbocycles. The predicted molar refractivity (Wildman–Crippen MR) is 90.7 cm³/mol. The van der Waals surface area contributed by atoms with Gasteiger partial charge in [-0.05, 0) is 24.1 Å². The number of anilines is 1. The highest BCUT2D eigenvalue weighted by atomic mass is 19.3. The number of benzene rings is 1. The first-order valence-electron chi connectivity index (χ1n) is 8.10. The average Bonchev–Trinajstić information content (AvgIpc) is 3.14. The summed E-state index contributed by atoms with van der Waals surface area (Å²) in [6.45, 7) is -1.10. The number of fused-ring (bicyclic) bond motifs is 1. The Balaban J connectivity index is 2.15. The summed E-state index contributed by atoms with van der Waals surface area (Å²) >= 11 is 0. The number of carbonyl (C=O) groups excluding carboxylic acids is 1. The van der Waals surface area contributed by atoms with Crippen molar-refractivity contribution in [1.29, 1.82) is 0 Å². The minimum atomic E-state index is -2.98. The van der Waals surface area contributed by atoms with E-state index >= 15 is 0 Å². The monoisotopic (exact) mass is 380 g/mol. The summed E-state index contributed by atoms with van der Waals surface area (Å²) in [7, 11) is 2.63. The first-order chi connectivity index (χ1) is 13.0. The minimum absolute atomic E-state index is 0.107. The number of hydrogen-bond acceptors (Lipinski definition) is 7. The molecule has 1 aliphatic heterocycles. The Morgan fingerprint density at radius 3 is 2.74 bits per heavy atom. The van der Waals surface area contributed by atoms with Crippen LogP contribution in [-0.4, -0.2) is 41.6 Å². The van der Waals surface area contributed by atoms with Crippen LogP contribution >= 0.6 is 0 Å². The molecule has 27 heavy (non-hydrogen) atoms. The molecule has 0 unspecified atom stereocenters. The van der Waals surface area contributed by atoms with E-state index in [9.17, 15) is 13.6 Å². The van der Waals surface area contributed by atoms with Crippen LogP contribution in [0.5, 0.6) is 11.5 Å². The van der Waals surface area contributed by atoms with Gasteiger partial charge in [-0.1, -0.05) is 13.0 Å². The van der Waals surface area contributed by atoms with Gasteiger partial charge in [0, 0.05) is 5.70 Å². The van der Waals surface area contributed by atoms with Crippen molar-refractivity contribution < 1.29 is 27.8 Å². The van der Waals surface area contributed by atoms with Gasteiger partial charge in [0.1, 0.15) is 12.4 Å². The molecule has 0 fully saturated rings. The van der Waals surface area contributed by atoms with E-state index in [4.69, 9.17) is 9.47 Å². The summed E-state index contributed by atoms with van der Waals surface area (Å²) in [5.74, 6) is -0.0766. The Morgan fingerprint density at radius 1 is 1.33 bits per heavy atom. The number of aromatic nitrogens is 3. The zero-order valence-electron chi connectivity index (χ0n) is 14.9. The number of nitrogens with one attached hydrogen (secondary N) is 1. The van der Waals surface area contributed by atoms with E-state index in [1.807, 2.05) is 6.92 Å². The van der Waals surface area contributed by atoms with Gasteiger partial charge in [-0.3, -0.25) is 0 Å². The maximum absolute atomic E-state index is 12.6. The van der Waals surface area contributed by atoms with Crippen LogP contribution in [0, 0.1) is 0 Å². The highest BCUT2D eigenvalue weighted by molar-refractivity contribution is 5.92. The Labute approximate surface area is 153 Å². The summed E-state index contributed by atoms with van der Waals surface area (Å²) < 4.78 is 41.3. The largest absolute Gasteiger partial charge is 0.493 e. The normalized spacial score (nSPS) is 16.0. The van der Waals surface area contributed by atoms with Crippen molar-refractivity contribution in [3.8, 4) is 11.5 Å². The van der Waals surface area contributed by atoms with E-state index in [1.165, 1.54) is 37.4 Å². The molecule has 1 aliphatic rings. The third-order valence-electron chi connectivity index (χ3n) is 4.16. The highest BCUT2D eigenvalue weighted by Crippen LogP contribution is 2.39. The molecular weight excluding hydrogens is 362 g/mol. The van der Waals surface area contributed by atoms with E-state index in [0.717, 1.165) is 0 Å². The van der Waals surface area contributed by atoms with Gasteiger partial charge in [-0.25, -0.2) is 9.48 Å². The number of rotatable bonds is 6. The molecule has 0 saturated heterocycles. The van der Waals surface area contributed by atoms with Crippen LogP contribution in [0.3, 0.4) is 0 Å². The summed E-state index contributed by atoms with van der Waals surface area (Å²) in [6, 6.07) is 3.79. The van der Waals surface area contributed by atoms with Gasteiger partial charge in [0.15, 0.2) is 11.5 Å². The first-order valence-corrected chi connectivity index (χ1v) is 8.10. The molecule has 144 valence electrons. The maximum atomic E-state index is 12.6. The number of nitrogens with zero attached hydrogens (tertiary/aromatic N) is 3. The first kappa shape index (κ1) is 18.6. The lowest BCUT2D eigenvalue weighted by Gasteiger charge is -2.29. The van der Waals surface area contributed by atoms with Crippen molar-refractivity contribution >= 4 is 11.9 Å². The summed E-state index contributed by atoms with van der Waals surface area (Å²) in [4.78, 5) is 16.6. The SMILES string of the molecule is CCC1=C(C(=O)OC)[C@@H](c2ccc(OC(F)F)c(OC)c2)n2ncnc2N1. The van der Waals surface area contributed by atoms with Gasteiger partial charge >= 0.3 is 12.6 Å². The number of ether oxygens (including phenoxy) is 3. The molecule has 0 amide bonds. The fourth-order valence-electron chi connectivity index (χ4n) is 3.00. The second-order valence-electron chi connectivity index (χ2n) is 5.58. The zero-order chi connectivity index (χ0) is 19.6. The van der Waals surface area contributed by atoms with E-state index < -0.39 is 18.6 Å². The van der Waals surface area contributed by atoms with Crippen LogP contribution in [0.15, 0.2) is 35.8 Å². The van der Waals surface area contributed by atoms with Crippen molar-refractivity contribution in [2.24, 2.45) is 0 Å². The van der Waals surface area contributed by atoms with Crippen molar-refractivity contribution in [3.05, 3.63) is 41.4 Å². The van der Waals surface area contributed by atoms with Crippen LogP contribution in [-0.2, 0) is 9.53 Å². The number of alkyl halides is 2. The number of allylic oxidation sites excluding steroid dienone is 1. The van der Waals surface area contributed by atoms with Gasteiger partial charge in [-0.15, -0.1) is 0 Å². The fraction of sp³-hybridized carbons (Fsp3) is 0.353. The number of methoxy groups -OCH3 is 2. The molecule has 10 heteroatoms. The van der Waals surface area contributed by atoms with Gasteiger partial charge in [0.2, 0.25) is 5.95 Å². The third-order valence-corrected chi connectivity index (χ3v) is 4.16. The van der Waals surface area contributed by atoms with Crippen LogP contribution in [0.25, 0.3) is 0 Å². The van der Waals surface area contributed by atoms with Crippen LogP contribution in [0.1, 0.15) is 24.9 Å². The molecule has 1 aromatic heterocycles. The predicted octanol–water partition coefficient (Wildman–Crippen LogP) is 2.74. The van der Waals surface area contributed by atoms with E-state index in [0.29, 0.717) is 29.2 Å². The van der Waals surface area contributed by atoms with Crippen molar-refractivity contribution in [1.82, 2.24) is 14.8 Å². The van der Waals surface area contributed by atoms with E-state index in [2.05, 4.69) is 20.1 Å². The summed E-state index contributed by atoms with van der Waals surface area (Å²) in [5.41, 5.74) is 1.56. The lowest BCUT2D eigenvalue weighted by atomic mass is 9.94. The van der Waals surface area contributed by atoms with Gasteiger partial charge in [0.05, 0.1) is 19.8 Å². The minimum Gasteiger partial charge on any atom is -0.493 e. The molecule has 3 rings (SSSR count). The average molecular weight is 380 g/mol. The number of hydrogen-bond donors (Lipinski definition) is 1. The van der Waals surface area contributed by atoms with Crippen LogP contribution in [0.2, 0.25) is 0 Å². The van der Waals surface area contributed by atoms with Crippen LogP contribution in [0.4, 0.5) is 14.7 Å². The Kier molecular flexibility index (Phi) is 5.24. The molecule has 0 spiro atoms. The maximum Gasteiger partial charge on any atom is 0.387 e. The lowest BCUT2D eigenvalue weighted by molar-refractivity contribution is -0.136. The topological polar surface area (TPSA) is 87.5 Å². The molecule has 1 atom stereocenters. The van der Waals surface area contributed by atoms with E-state index in [1.54, 1.807) is 6.07 Å². The number of halogens is 2. The Hall–Kier alpha value is -3.17. The Morgan fingerprint density at radius 2 is 2.11 bits per heavy atom. The van der Waals surface area contributed by atoms with Crippen molar-refractivity contribution in [3.63, 3.8) is 0 Å². The standard InChI is InChI=1S/C17H18F2N4O4/c1-4-10-13(15(24)26-3)14(23-17(22-10)20-8-21-23)9-5-6-11(27-16(18)19)12(7-9)25-2/h5-8,14,16H,4H2,1-3H3,(H,20,21,22)/t14-/m1/s1. The van der Waals surface area contributed by atoms with Crippen molar-refractivity contribution in [2.45, 2.75) is 26.0 Å². The molecular formula is C17H18F2N4O4.